The van der Waals surface area contributed by atoms with E-state index in [1.165, 1.54) is 12.1 Å². The summed E-state index contributed by atoms with van der Waals surface area (Å²) in [5, 5.41) is 0.289. The van der Waals surface area contributed by atoms with Crippen LogP contribution in [0.4, 0.5) is 4.39 Å². The summed E-state index contributed by atoms with van der Waals surface area (Å²) in [7, 11) is 0. The first-order chi connectivity index (χ1) is 10.4. The molecular formula is C18H17ClFNO. The molecule has 0 aliphatic carbocycles. The first-order valence-corrected chi connectivity index (χ1v) is 7.59. The number of rotatable bonds is 2. The Morgan fingerprint density at radius 1 is 1.23 bits per heavy atom. The van der Waals surface area contributed by atoms with E-state index in [1.54, 1.807) is 11.0 Å². The van der Waals surface area contributed by atoms with E-state index >= 15 is 0 Å². The number of hydrogen-bond acceptors (Lipinski definition) is 1. The molecular weight excluding hydrogens is 301 g/mol. The topological polar surface area (TPSA) is 20.3 Å². The van der Waals surface area contributed by atoms with E-state index in [0.29, 0.717) is 6.54 Å². The van der Waals surface area contributed by atoms with Crippen LogP contribution in [0, 0.1) is 11.2 Å². The summed E-state index contributed by atoms with van der Waals surface area (Å²) in [5.41, 5.74) is 1.11. The summed E-state index contributed by atoms with van der Waals surface area (Å²) >= 11 is 5.75. The monoisotopic (exact) mass is 317 g/mol. The highest BCUT2D eigenvalue weighted by molar-refractivity contribution is 6.30. The van der Waals surface area contributed by atoms with Crippen LogP contribution in [0.5, 0.6) is 0 Å². The van der Waals surface area contributed by atoms with Crippen LogP contribution in [0.1, 0.15) is 35.8 Å². The van der Waals surface area contributed by atoms with Crippen LogP contribution < -0.4 is 0 Å². The molecule has 1 unspecified atom stereocenters. The summed E-state index contributed by atoms with van der Waals surface area (Å²) in [6, 6.07) is 14.0. The van der Waals surface area contributed by atoms with E-state index in [-0.39, 0.29) is 28.0 Å². The molecule has 22 heavy (non-hydrogen) atoms. The van der Waals surface area contributed by atoms with Crippen LogP contribution in [0.2, 0.25) is 5.02 Å². The van der Waals surface area contributed by atoms with Gasteiger partial charge in [-0.15, -0.1) is 0 Å². The summed E-state index contributed by atoms with van der Waals surface area (Å²) in [6.45, 7) is 4.84. The molecule has 4 heteroatoms. The highest BCUT2D eigenvalue weighted by atomic mass is 35.5. The molecule has 1 fully saturated rings. The third-order valence-corrected chi connectivity index (χ3v) is 4.40. The van der Waals surface area contributed by atoms with Crippen molar-refractivity contribution < 1.29 is 9.18 Å². The lowest BCUT2D eigenvalue weighted by Crippen LogP contribution is -2.57. The molecule has 3 rings (SSSR count). The highest BCUT2D eigenvalue weighted by Crippen LogP contribution is 2.48. The van der Waals surface area contributed by atoms with Crippen molar-refractivity contribution in [2.45, 2.75) is 19.9 Å². The van der Waals surface area contributed by atoms with Crippen molar-refractivity contribution in [3.8, 4) is 0 Å². The zero-order chi connectivity index (χ0) is 15.9. The van der Waals surface area contributed by atoms with Crippen molar-refractivity contribution in [2.75, 3.05) is 6.54 Å². The zero-order valence-electron chi connectivity index (χ0n) is 12.5. The second-order valence-electron chi connectivity index (χ2n) is 6.36. The summed E-state index contributed by atoms with van der Waals surface area (Å²) in [4.78, 5) is 14.4. The average molecular weight is 318 g/mol. The largest absolute Gasteiger partial charge is 0.330 e. The van der Waals surface area contributed by atoms with Gasteiger partial charge in [0.25, 0.3) is 5.91 Å². The van der Waals surface area contributed by atoms with Gasteiger partial charge in [0.2, 0.25) is 0 Å². The van der Waals surface area contributed by atoms with E-state index in [0.717, 1.165) is 5.56 Å². The van der Waals surface area contributed by atoms with Crippen molar-refractivity contribution >= 4 is 17.5 Å². The Balaban J connectivity index is 1.93. The molecule has 2 aromatic rings. The first-order valence-electron chi connectivity index (χ1n) is 7.21. The Labute approximate surface area is 134 Å². The minimum absolute atomic E-state index is 0.0279. The summed E-state index contributed by atoms with van der Waals surface area (Å²) in [6.07, 6.45) is 0. The van der Waals surface area contributed by atoms with Crippen molar-refractivity contribution in [3.05, 3.63) is 70.5 Å². The van der Waals surface area contributed by atoms with E-state index in [9.17, 15) is 9.18 Å². The first kappa shape index (κ1) is 15.0. The number of benzene rings is 2. The number of nitrogens with zero attached hydrogens (tertiary/aromatic N) is 1. The summed E-state index contributed by atoms with van der Waals surface area (Å²) in [5.74, 6) is -0.864. The SMILES string of the molecule is CC1(C)CN(C(=O)c2ccc(Cl)cc2F)C1c1ccccc1. The number of halogens is 2. The smallest absolute Gasteiger partial charge is 0.257 e. The minimum atomic E-state index is -0.575. The van der Waals surface area contributed by atoms with Crippen LogP contribution in [0.25, 0.3) is 0 Å². The predicted molar refractivity (Wildman–Crippen MR) is 85.4 cm³/mol. The Morgan fingerprint density at radius 3 is 2.50 bits per heavy atom. The molecule has 0 spiro atoms. The highest BCUT2D eigenvalue weighted by Gasteiger charge is 2.49. The molecule has 1 aliphatic heterocycles. The molecule has 1 amide bonds. The number of likely N-dealkylation sites (tertiary alicyclic amines) is 1. The standard InChI is InChI=1S/C18H17ClFNO/c1-18(2)11-21(16(18)12-6-4-3-5-7-12)17(22)14-9-8-13(19)10-15(14)20/h3-10,16H,11H2,1-2H3. The fourth-order valence-electron chi connectivity index (χ4n) is 3.20. The van der Waals surface area contributed by atoms with E-state index in [2.05, 4.69) is 13.8 Å². The maximum atomic E-state index is 14.0. The van der Waals surface area contributed by atoms with E-state index in [4.69, 9.17) is 11.6 Å². The van der Waals surface area contributed by atoms with Gasteiger partial charge in [-0.3, -0.25) is 4.79 Å². The van der Waals surface area contributed by atoms with Gasteiger partial charge in [-0.25, -0.2) is 4.39 Å². The Kier molecular flexibility index (Phi) is 3.69. The zero-order valence-corrected chi connectivity index (χ0v) is 13.3. The lowest BCUT2D eigenvalue weighted by Gasteiger charge is -2.54. The van der Waals surface area contributed by atoms with Crippen molar-refractivity contribution in [3.63, 3.8) is 0 Å². The lowest BCUT2D eigenvalue weighted by molar-refractivity contribution is -0.0325. The van der Waals surface area contributed by atoms with Crippen LogP contribution in [0.15, 0.2) is 48.5 Å². The molecule has 0 N–H and O–H groups in total. The molecule has 0 saturated carbocycles. The maximum absolute atomic E-state index is 14.0. The van der Waals surface area contributed by atoms with Gasteiger partial charge in [0.05, 0.1) is 11.6 Å². The molecule has 1 saturated heterocycles. The van der Waals surface area contributed by atoms with Crippen molar-refractivity contribution in [1.29, 1.82) is 0 Å². The van der Waals surface area contributed by atoms with E-state index < -0.39 is 5.82 Å². The Morgan fingerprint density at radius 2 is 1.91 bits per heavy atom. The quantitative estimate of drug-likeness (QED) is 0.786. The predicted octanol–water partition coefficient (Wildman–Crippen LogP) is 4.70. The molecule has 1 heterocycles. The van der Waals surface area contributed by atoms with Crippen molar-refractivity contribution in [1.82, 2.24) is 4.90 Å². The molecule has 1 aliphatic rings. The van der Waals surface area contributed by atoms with Gasteiger partial charge in [-0.1, -0.05) is 55.8 Å². The van der Waals surface area contributed by atoms with Gasteiger partial charge in [0.1, 0.15) is 5.82 Å². The fraction of sp³-hybridized carbons (Fsp3) is 0.278. The van der Waals surface area contributed by atoms with Gasteiger partial charge in [-0.05, 0) is 23.8 Å². The van der Waals surface area contributed by atoms with Crippen LogP contribution in [-0.4, -0.2) is 17.4 Å². The Hall–Kier alpha value is -1.87. The second-order valence-corrected chi connectivity index (χ2v) is 6.80. The van der Waals surface area contributed by atoms with Crippen LogP contribution >= 0.6 is 11.6 Å². The number of carbonyl (C=O) groups is 1. The average Bonchev–Trinajstić information content (AvgIpc) is 2.45. The molecule has 114 valence electrons. The maximum Gasteiger partial charge on any atom is 0.257 e. The molecule has 2 aromatic carbocycles. The van der Waals surface area contributed by atoms with Crippen LogP contribution in [0.3, 0.4) is 0 Å². The van der Waals surface area contributed by atoms with E-state index in [1.807, 2.05) is 30.3 Å². The third-order valence-electron chi connectivity index (χ3n) is 4.17. The minimum Gasteiger partial charge on any atom is -0.330 e. The van der Waals surface area contributed by atoms with Crippen molar-refractivity contribution in [2.24, 2.45) is 5.41 Å². The molecule has 2 nitrogen and oxygen atoms in total. The fourth-order valence-corrected chi connectivity index (χ4v) is 3.36. The lowest BCUT2D eigenvalue weighted by atomic mass is 9.71. The molecule has 0 bridgehead atoms. The number of carbonyl (C=O) groups excluding carboxylic acids is 1. The summed E-state index contributed by atoms with van der Waals surface area (Å²) < 4.78 is 14.0. The molecule has 0 radical (unpaired) electrons. The van der Waals surface area contributed by atoms with Gasteiger partial charge >= 0.3 is 0 Å². The van der Waals surface area contributed by atoms with Gasteiger partial charge in [-0.2, -0.15) is 0 Å². The van der Waals surface area contributed by atoms with Gasteiger partial charge < -0.3 is 4.90 Å². The Bertz CT molecular complexity index is 714. The third kappa shape index (κ3) is 2.50. The van der Waals surface area contributed by atoms with Gasteiger partial charge in [0.15, 0.2) is 0 Å². The molecule has 1 atom stereocenters. The molecule has 0 aromatic heterocycles. The van der Waals surface area contributed by atoms with Crippen LogP contribution in [-0.2, 0) is 0 Å². The second kappa shape index (κ2) is 5.40. The number of hydrogen-bond donors (Lipinski definition) is 0. The number of amides is 1. The van der Waals surface area contributed by atoms with Gasteiger partial charge in [0, 0.05) is 17.0 Å². The normalized spacial score (nSPS) is 19.6.